The van der Waals surface area contributed by atoms with Crippen molar-refractivity contribution in [2.45, 2.75) is 32.4 Å². The van der Waals surface area contributed by atoms with E-state index in [1.54, 1.807) is 23.5 Å². The molecule has 0 radical (unpaired) electrons. The number of cyclic esters (lactones) is 1. The number of amides is 1. The maximum Gasteiger partial charge on any atom is 0.415 e. The highest BCUT2D eigenvalue weighted by Gasteiger charge is 2.35. The van der Waals surface area contributed by atoms with Crippen LogP contribution in [-0.4, -0.2) is 49.2 Å². The summed E-state index contributed by atoms with van der Waals surface area (Å²) in [6, 6.07) is 10.2. The van der Waals surface area contributed by atoms with Crippen molar-refractivity contribution in [2.75, 3.05) is 16.8 Å². The molecule has 1 amide bonds. The number of anilines is 2. The molecule has 184 valence electrons. The van der Waals surface area contributed by atoms with Crippen molar-refractivity contribution in [2.24, 2.45) is 0 Å². The Hall–Kier alpha value is -4.18. The molecule has 1 saturated heterocycles. The van der Waals surface area contributed by atoms with E-state index < -0.39 is 12.1 Å². The second-order valence-electron chi connectivity index (χ2n) is 8.70. The highest BCUT2D eigenvalue weighted by molar-refractivity contribution is 6.29. The molecule has 0 bridgehead atoms. The molecular weight excluding hydrogens is 484 g/mol. The van der Waals surface area contributed by atoms with E-state index in [1.807, 2.05) is 48.7 Å². The molecule has 1 aliphatic rings. The van der Waals surface area contributed by atoms with Crippen LogP contribution >= 0.6 is 11.6 Å². The van der Waals surface area contributed by atoms with Crippen LogP contribution in [0.15, 0.2) is 55.1 Å². The Morgan fingerprint density at radius 1 is 1.28 bits per heavy atom. The highest BCUT2D eigenvalue weighted by Crippen LogP contribution is 2.28. The van der Waals surface area contributed by atoms with Crippen LogP contribution in [0.1, 0.15) is 40.3 Å². The summed E-state index contributed by atoms with van der Waals surface area (Å²) in [7, 11) is 0. The third kappa shape index (κ3) is 4.67. The number of aryl methyl sites for hydroxylation is 1. The van der Waals surface area contributed by atoms with Gasteiger partial charge in [0.2, 0.25) is 0 Å². The lowest BCUT2D eigenvalue weighted by Crippen LogP contribution is -2.36. The zero-order chi connectivity index (χ0) is 25.4. The number of halogens is 1. The molecule has 2 N–H and O–H groups in total. The van der Waals surface area contributed by atoms with E-state index in [0.29, 0.717) is 23.6 Å². The van der Waals surface area contributed by atoms with E-state index in [-0.39, 0.29) is 29.5 Å². The number of nitrogens with zero attached hydrogens (tertiary/aromatic N) is 5. The second kappa shape index (κ2) is 9.46. The molecule has 4 aromatic rings. The van der Waals surface area contributed by atoms with E-state index >= 15 is 0 Å². The number of aromatic nitrogens is 4. The predicted molar refractivity (Wildman–Crippen MR) is 134 cm³/mol. The van der Waals surface area contributed by atoms with Gasteiger partial charge in [0.1, 0.15) is 17.6 Å². The van der Waals surface area contributed by atoms with Gasteiger partial charge in [0.15, 0.2) is 5.69 Å². The second-order valence-corrected chi connectivity index (χ2v) is 9.08. The van der Waals surface area contributed by atoms with E-state index in [9.17, 15) is 14.7 Å². The van der Waals surface area contributed by atoms with Crippen molar-refractivity contribution in [3.63, 3.8) is 0 Å². The summed E-state index contributed by atoms with van der Waals surface area (Å²) < 4.78 is 7.33. The summed E-state index contributed by atoms with van der Waals surface area (Å²) in [6.07, 6.45) is 5.64. The average Bonchev–Trinajstić information content (AvgIpc) is 3.45. The number of nitrogens with one attached hydrogen (secondary N) is 1. The summed E-state index contributed by atoms with van der Waals surface area (Å²) in [5.41, 5.74) is 3.69. The minimum atomic E-state index is -1.19. The Labute approximate surface area is 211 Å². The Balaban J connectivity index is 1.41. The maximum absolute atomic E-state index is 12.7. The minimum Gasteiger partial charge on any atom is -0.476 e. The predicted octanol–water partition coefficient (Wildman–Crippen LogP) is 4.53. The molecular formula is C25H23ClN6O4. The Morgan fingerprint density at radius 2 is 2.11 bits per heavy atom. The molecule has 5 rings (SSSR count). The summed E-state index contributed by atoms with van der Waals surface area (Å²) in [5.74, 6) is -0.718. The number of carbonyl (C=O) groups excluding carboxylic acids is 1. The molecule has 4 aromatic heterocycles. The van der Waals surface area contributed by atoms with Crippen LogP contribution in [-0.2, 0) is 11.2 Å². The smallest absolute Gasteiger partial charge is 0.415 e. The largest absolute Gasteiger partial charge is 0.476 e. The van der Waals surface area contributed by atoms with Gasteiger partial charge in [-0.05, 0) is 61.7 Å². The summed E-state index contributed by atoms with van der Waals surface area (Å²) in [4.78, 5) is 38.7. The molecule has 1 aliphatic heterocycles. The molecule has 2 atom stereocenters. The van der Waals surface area contributed by atoms with Gasteiger partial charge in [-0.2, -0.15) is 0 Å². The number of ether oxygens (including phenoxy) is 1. The summed E-state index contributed by atoms with van der Waals surface area (Å²) in [5, 5.41) is 12.7. The topological polar surface area (TPSA) is 122 Å². The first-order valence-electron chi connectivity index (χ1n) is 11.3. The molecule has 1 fully saturated rings. The van der Waals surface area contributed by atoms with Crippen LogP contribution in [0.3, 0.4) is 0 Å². The molecule has 0 unspecified atom stereocenters. The summed E-state index contributed by atoms with van der Waals surface area (Å²) in [6.45, 7) is 4.02. The molecule has 11 heteroatoms. The molecule has 10 nitrogen and oxygen atoms in total. The van der Waals surface area contributed by atoms with Gasteiger partial charge in [-0.25, -0.2) is 24.5 Å². The minimum absolute atomic E-state index is 0.0901. The standard InChI is InChI=1S/C25H23ClN6O4/c1-14-7-20(15(2)28-19-5-6-21(26)30-23(19)24(33)34)29-22(8-14)32-18(12-36-25(32)35)9-16-3-4-17-10-27-13-31(17)11-16/h3-8,10-11,13,15,18,28H,9,12H2,1-2H3,(H,33,34)/t15-,18+/m1/s1. The number of aromatic carboxylic acids is 1. The van der Waals surface area contributed by atoms with Crippen LogP contribution in [0.4, 0.5) is 16.3 Å². The van der Waals surface area contributed by atoms with Gasteiger partial charge < -0.3 is 19.6 Å². The third-order valence-corrected chi connectivity index (χ3v) is 6.21. The molecule has 36 heavy (non-hydrogen) atoms. The fraction of sp³-hybridized carbons (Fsp3) is 0.240. The fourth-order valence-electron chi connectivity index (χ4n) is 4.29. The number of hydrogen-bond donors (Lipinski definition) is 2. The van der Waals surface area contributed by atoms with Crippen molar-refractivity contribution >= 4 is 40.7 Å². The fourth-order valence-corrected chi connectivity index (χ4v) is 4.44. The molecule has 0 saturated carbocycles. The first kappa shape index (κ1) is 23.6. The average molecular weight is 507 g/mol. The van der Waals surface area contributed by atoms with E-state index in [0.717, 1.165) is 16.6 Å². The maximum atomic E-state index is 12.7. The van der Waals surface area contributed by atoms with E-state index in [2.05, 4.69) is 15.3 Å². The van der Waals surface area contributed by atoms with Gasteiger partial charge in [-0.15, -0.1) is 0 Å². The highest BCUT2D eigenvalue weighted by atomic mass is 35.5. The Bertz CT molecular complexity index is 1470. The number of fused-ring (bicyclic) bond motifs is 1. The number of carbonyl (C=O) groups is 2. The first-order chi connectivity index (χ1) is 17.3. The SMILES string of the molecule is Cc1cc([C@@H](C)Nc2ccc(Cl)nc2C(=O)O)nc(N2C(=O)OC[C@@H]2Cc2ccc3cncn3c2)c1. The van der Waals surface area contributed by atoms with Gasteiger partial charge in [-0.3, -0.25) is 4.90 Å². The van der Waals surface area contributed by atoms with Crippen molar-refractivity contribution in [1.82, 2.24) is 19.4 Å². The molecule has 0 aliphatic carbocycles. The van der Waals surface area contributed by atoms with Crippen molar-refractivity contribution in [3.05, 3.63) is 82.8 Å². The number of carboxylic acids is 1. The zero-order valence-corrected chi connectivity index (χ0v) is 20.3. The Kier molecular flexibility index (Phi) is 6.19. The molecule has 0 aromatic carbocycles. The van der Waals surface area contributed by atoms with Crippen molar-refractivity contribution < 1.29 is 19.4 Å². The summed E-state index contributed by atoms with van der Waals surface area (Å²) >= 11 is 5.87. The number of imidazole rings is 1. The van der Waals surface area contributed by atoms with Gasteiger partial charge in [0.25, 0.3) is 0 Å². The van der Waals surface area contributed by atoms with Gasteiger partial charge >= 0.3 is 12.1 Å². The molecule has 0 spiro atoms. The van der Waals surface area contributed by atoms with Crippen LogP contribution < -0.4 is 10.2 Å². The normalized spacial score (nSPS) is 16.2. The Morgan fingerprint density at radius 3 is 2.92 bits per heavy atom. The number of carboxylic acid groups (broad SMARTS) is 1. The zero-order valence-electron chi connectivity index (χ0n) is 19.6. The van der Waals surface area contributed by atoms with Crippen LogP contribution in [0.5, 0.6) is 0 Å². The number of rotatable bonds is 7. The van der Waals surface area contributed by atoms with E-state index in [1.165, 1.54) is 6.07 Å². The van der Waals surface area contributed by atoms with Gasteiger partial charge in [-0.1, -0.05) is 17.7 Å². The number of hydrogen-bond acceptors (Lipinski definition) is 7. The van der Waals surface area contributed by atoms with Gasteiger partial charge in [0, 0.05) is 6.20 Å². The number of pyridine rings is 3. The third-order valence-electron chi connectivity index (χ3n) is 6.00. The van der Waals surface area contributed by atoms with Crippen LogP contribution in [0.25, 0.3) is 5.52 Å². The van der Waals surface area contributed by atoms with Crippen molar-refractivity contribution in [3.8, 4) is 0 Å². The van der Waals surface area contributed by atoms with Crippen LogP contribution in [0, 0.1) is 6.92 Å². The lowest BCUT2D eigenvalue weighted by molar-refractivity contribution is 0.0691. The van der Waals surface area contributed by atoms with E-state index in [4.69, 9.17) is 21.3 Å². The van der Waals surface area contributed by atoms with Gasteiger partial charge in [0.05, 0.1) is 41.5 Å². The lowest BCUT2D eigenvalue weighted by atomic mass is 10.1. The monoisotopic (exact) mass is 506 g/mol. The quantitative estimate of drug-likeness (QED) is 0.351. The molecule has 5 heterocycles. The van der Waals surface area contributed by atoms with Crippen LogP contribution in [0.2, 0.25) is 5.15 Å². The van der Waals surface area contributed by atoms with Crippen molar-refractivity contribution in [1.29, 1.82) is 0 Å². The lowest BCUT2D eigenvalue weighted by Gasteiger charge is -2.23. The first-order valence-corrected chi connectivity index (χ1v) is 11.7.